The molecular weight excluding hydrogens is 330 g/mol. The van der Waals surface area contributed by atoms with Crippen LogP contribution in [0.3, 0.4) is 0 Å². The third kappa shape index (κ3) is 3.03. The molecule has 2 aromatic heterocycles. The highest BCUT2D eigenvalue weighted by molar-refractivity contribution is 5.95. The lowest BCUT2D eigenvalue weighted by Crippen LogP contribution is -2.30. The number of rotatable bonds is 3. The van der Waals surface area contributed by atoms with Gasteiger partial charge in [-0.25, -0.2) is 9.97 Å². The number of carbonyl (C=O) groups is 1. The predicted molar refractivity (Wildman–Crippen MR) is 96.1 cm³/mol. The molecular formula is C19H19N5O2. The molecule has 1 aliphatic rings. The van der Waals surface area contributed by atoms with E-state index in [0.29, 0.717) is 23.6 Å². The van der Waals surface area contributed by atoms with E-state index in [9.17, 15) is 4.79 Å². The van der Waals surface area contributed by atoms with Gasteiger partial charge in [0.05, 0.1) is 11.7 Å². The summed E-state index contributed by atoms with van der Waals surface area (Å²) in [6, 6.07) is 11.0. The van der Waals surface area contributed by atoms with Crippen molar-refractivity contribution >= 4 is 11.7 Å². The van der Waals surface area contributed by atoms with Crippen LogP contribution in [0.25, 0.3) is 11.3 Å². The van der Waals surface area contributed by atoms with Crippen LogP contribution in [0.2, 0.25) is 0 Å². The summed E-state index contributed by atoms with van der Waals surface area (Å²) in [5, 5.41) is 4.10. The lowest BCUT2D eigenvalue weighted by Gasteiger charge is -2.23. The Morgan fingerprint density at radius 2 is 2.15 bits per heavy atom. The Kier molecular flexibility index (Phi) is 4.12. The monoisotopic (exact) mass is 349 g/mol. The zero-order valence-electron chi connectivity index (χ0n) is 14.4. The van der Waals surface area contributed by atoms with Crippen LogP contribution in [0.1, 0.15) is 40.7 Å². The average Bonchev–Trinajstić information content (AvgIpc) is 3.30. The Morgan fingerprint density at radius 1 is 1.27 bits per heavy atom. The Morgan fingerprint density at radius 3 is 2.92 bits per heavy atom. The van der Waals surface area contributed by atoms with Crippen LogP contribution in [0.5, 0.6) is 0 Å². The average molecular weight is 349 g/mol. The van der Waals surface area contributed by atoms with Gasteiger partial charge in [0, 0.05) is 29.8 Å². The van der Waals surface area contributed by atoms with E-state index < -0.39 is 0 Å². The van der Waals surface area contributed by atoms with Gasteiger partial charge in [-0.1, -0.05) is 17.3 Å². The van der Waals surface area contributed by atoms with E-state index in [2.05, 4.69) is 15.1 Å². The smallest absolute Gasteiger partial charge is 0.254 e. The zero-order chi connectivity index (χ0) is 18.1. The summed E-state index contributed by atoms with van der Waals surface area (Å²) in [7, 11) is 0. The first-order valence-electron chi connectivity index (χ1n) is 8.54. The molecule has 1 amide bonds. The van der Waals surface area contributed by atoms with Gasteiger partial charge in [-0.15, -0.1) is 0 Å². The van der Waals surface area contributed by atoms with Crippen molar-refractivity contribution in [1.82, 2.24) is 20.0 Å². The number of aryl methyl sites for hydroxylation is 1. The van der Waals surface area contributed by atoms with Gasteiger partial charge < -0.3 is 15.2 Å². The largest absolute Gasteiger partial charge is 0.384 e. The van der Waals surface area contributed by atoms with Crippen LogP contribution in [-0.2, 0) is 0 Å². The van der Waals surface area contributed by atoms with Crippen molar-refractivity contribution in [2.45, 2.75) is 25.8 Å². The van der Waals surface area contributed by atoms with Gasteiger partial charge in [0.25, 0.3) is 5.91 Å². The minimum Gasteiger partial charge on any atom is -0.384 e. The molecule has 132 valence electrons. The van der Waals surface area contributed by atoms with Crippen molar-refractivity contribution in [3.05, 3.63) is 59.7 Å². The molecule has 4 rings (SSSR count). The van der Waals surface area contributed by atoms with Gasteiger partial charge in [0.2, 0.25) is 0 Å². The summed E-state index contributed by atoms with van der Waals surface area (Å²) in [4.78, 5) is 23.1. The van der Waals surface area contributed by atoms with Crippen LogP contribution < -0.4 is 5.73 Å². The van der Waals surface area contributed by atoms with Gasteiger partial charge in [0.1, 0.15) is 23.6 Å². The molecule has 3 aromatic rings. The van der Waals surface area contributed by atoms with Gasteiger partial charge in [0.15, 0.2) is 0 Å². The molecule has 1 fully saturated rings. The molecule has 0 unspecified atom stereocenters. The quantitative estimate of drug-likeness (QED) is 0.780. The first-order chi connectivity index (χ1) is 12.6. The molecule has 1 saturated heterocycles. The summed E-state index contributed by atoms with van der Waals surface area (Å²) in [6.07, 6.45) is 3.26. The molecule has 2 N–H and O–H groups in total. The number of hydrogen-bond donors (Lipinski definition) is 1. The van der Waals surface area contributed by atoms with Crippen molar-refractivity contribution in [2.24, 2.45) is 0 Å². The third-order valence-electron chi connectivity index (χ3n) is 4.59. The molecule has 0 aliphatic carbocycles. The van der Waals surface area contributed by atoms with Crippen molar-refractivity contribution in [3.63, 3.8) is 0 Å². The van der Waals surface area contributed by atoms with E-state index in [1.165, 1.54) is 6.33 Å². The van der Waals surface area contributed by atoms with E-state index in [0.717, 1.165) is 29.9 Å². The molecule has 0 saturated carbocycles. The second kappa shape index (κ2) is 6.59. The second-order valence-corrected chi connectivity index (χ2v) is 6.43. The lowest BCUT2D eigenvalue weighted by atomic mass is 10.1. The van der Waals surface area contributed by atoms with Crippen molar-refractivity contribution in [1.29, 1.82) is 0 Å². The third-order valence-corrected chi connectivity index (χ3v) is 4.59. The fourth-order valence-electron chi connectivity index (χ4n) is 3.37. The van der Waals surface area contributed by atoms with Crippen molar-refractivity contribution < 1.29 is 9.32 Å². The Hall–Kier alpha value is -3.22. The maximum absolute atomic E-state index is 13.1. The topological polar surface area (TPSA) is 98.1 Å². The number of likely N-dealkylation sites (tertiary alicyclic amines) is 1. The molecule has 1 aliphatic heterocycles. The fraction of sp³-hybridized carbons (Fsp3) is 0.263. The van der Waals surface area contributed by atoms with Crippen LogP contribution in [-0.4, -0.2) is 32.5 Å². The van der Waals surface area contributed by atoms with Crippen molar-refractivity contribution in [2.75, 3.05) is 12.3 Å². The SMILES string of the molecule is Cc1cc([C@@H]2CCCN2C(=O)c2cccc(-c3cc(N)ncn3)c2)no1. The number of amides is 1. The lowest BCUT2D eigenvalue weighted by molar-refractivity contribution is 0.0731. The van der Waals surface area contributed by atoms with E-state index in [1.807, 2.05) is 42.2 Å². The maximum Gasteiger partial charge on any atom is 0.254 e. The number of nitrogen functional groups attached to an aromatic ring is 1. The normalized spacial score (nSPS) is 16.8. The molecule has 7 heteroatoms. The highest BCUT2D eigenvalue weighted by Gasteiger charge is 2.32. The van der Waals surface area contributed by atoms with E-state index >= 15 is 0 Å². The summed E-state index contributed by atoms with van der Waals surface area (Å²) in [5.74, 6) is 1.13. The van der Waals surface area contributed by atoms with E-state index in [-0.39, 0.29) is 11.9 Å². The fourth-order valence-corrected chi connectivity index (χ4v) is 3.37. The highest BCUT2D eigenvalue weighted by atomic mass is 16.5. The molecule has 0 spiro atoms. The standard InChI is InChI=1S/C19H19N5O2/c1-12-8-16(23-26-12)17-6-3-7-24(17)19(25)14-5-2-4-13(9-14)15-10-18(20)22-11-21-15/h2,4-5,8-11,17H,3,6-7H2,1H3,(H2,20,21,22)/t17-/m0/s1. The number of aromatic nitrogens is 3. The van der Waals surface area contributed by atoms with Crippen LogP contribution >= 0.6 is 0 Å². The van der Waals surface area contributed by atoms with E-state index in [4.69, 9.17) is 10.3 Å². The number of hydrogen-bond acceptors (Lipinski definition) is 6. The number of anilines is 1. The van der Waals surface area contributed by atoms with E-state index in [1.54, 1.807) is 6.07 Å². The summed E-state index contributed by atoms with van der Waals surface area (Å²) in [6.45, 7) is 2.56. The summed E-state index contributed by atoms with van der Waals surface area (Å²) >= 11 is 0. The van der Waals surface area contributed by atoms with Crippen LogP contribution in [0.4, 0.5) is 5.82 Å². The minimum atomic E-state index is -0.0432. The number of nitrogens with zero attached hydrogens (tertiary/aromatic N) is 4. The maximum atomic E-state index is 13.1. The number of benzene rings is 1. The zero-order valence-corrected chi connectivity index (χ0v) is 14.4. The minimum absolute atomic E-state index is 0.0166. The van der Waals surface area contributed by atoms with Gasteiger partial charge in [-0.05, 0) is 31.9 Å². The Labute approximate surface area is 150 Å². The predicted octanol–water partition coefficient (Wildman–Crippen LogP) is 3.00. The second-order valence-electron chi connectivity index (χ2n) is 6.43. The molecule has 3 heterocycles. The Balaban J connectivity index is 1.63. The highest BCUT2D eigenvalue weighted by Crippen LogP contribution is 2.33. The molecule has 26 heavy (non-hydrogen) atoms. The molecule has 1 aromatic carbocycles. The summed E-state index contributed by atoms with van der Waals surface area (Å²) < 4.78 is 5.18. The van der Waals surface area contributed by atoms with Gasteiger partial charge in [-0.2, -0.15) is 0 Å². The van der Waals surface area contributed by atoms with Gasteiger partial charge >= 0.3 is 0 Å². The molecule has 1 atom stereocenters. The molecule has 0 radical (unpaired) electrons. The first-order valence-corrected chi connectivity index (χ1v) is 8.54. The number of carbonyl (C=O) groups excluding carboxylic acids is 1. The number of nitrogens with two attached hydrogens (primary N) is 1. The Bertz CT molecular complexity index is 952. The van der Waals surface area contributed by atoms with Crippen molar-refractivity contribution in [3.8, 4) is 11.3 Å². The first kappa shape index (κ1) is 16.3. The van der Waals surface area contributed by atoms with Gasteiger partial charge in [-0.3, -0.25) is 4.79 Å². The van der Waals surface area contributed by atoms with Crippen LogP contribution in [0.15, 0.2) is 47.2 Å². The van der Waals surface area contributed by atoms with Crippen LogP contribution in [0, 0.1) is 6.92 Å². The molecule has 7 nitrogen and oxygen atoms in total. The molecule has 0 bridgehead atoms. The summed E-state index contributed by atoms with van der Waals surface area (Å²) in [5.41, 5.74) is 8.69.